The third-order valence-corrected chi connectivity index (χ3v) is 5.90. The maximum Gasteiger partial charge on any atom is 0.329 e. The Morgan fingerprint density at radius 1 is 1.06 bits per heavy atom. The average molecular weight is 455 g/mol. The lowest BCUT2D eigenvalue weighted by Gasteiger charge is -2.34. The van der Waals surface area contributed by atoms with Gasteiger partial charge in [0.2, 0.25) is 12.2 Å². The minimum Gasteiger partial charge on any atom is -0.465 e. The molecule has 1 saturated heterocycles. The minimum atomic E-state index is -1.75. The molecule has 174 valence electrons. The monoisotopic (exact) mass is 455 g/mol. The van der Waals surface area contributed by atoms with Crippen LogP contribution in [-0.4, -0.2) is 50.4 Å². The fourth-order valence-electron chi connectivity index (χ4n) is 4.56. The predicted octanol–water partition coefficient (Wildman–Crippen LogP) is 3.74. The summed E-state index contributed by atoms with van der Waals surface area (Å²) in [5.41, 5.74) is 0.105. The molecular weight excluding hydrogens is 429 g/mol. The Morgan fingerprint density at radius 3 is 2.33 bits per heavy atom. The van der Waals surface area contributed by atoms with Gasteiger partial charge in [-0.1, -0.05) is 24.3 Å². The highest BCUT2D eigenvalue weighted by molar-refractivity contribution is 6.06. The van der Waals surface area contributed by atoms with Crippen LogP contribution in [-0.2, 0) is 19.1 Å². The summed E-state index contributed by atoms with van der Waals surface area (Å²) < 4.78 is 35.3. The first kappa shape index (κ1) is 22.8. The molecule has 7 nitrogen and oxygen atoms in total. The molecule has 4 rings (SSSR count). The van der Waals surface area contributed by atoms with E-state index in [4.69, 9.17) is 18.9 Å². The summed E-state index contributed by atoms with van der Waals surface area (Å²) in [6.45, 7) is 3.98. The van der Waals surface area contributed by atoms with Crippen molar-refractivity contribution in [1.29, 1.82) is 0 Å². The lowest BCUT2D eigenvalue weighted by atomic mass is 9.73. The zero-order chi connectivity index (χ0) is 23.6. The van der Waals surface area contributed by atoms with Crippen LogP contribution in [0.1, 0.15) is 31.0 Å². The molecule has 2 aromatic carbocycles. The van der Waals surface area contributed by atoms with Gasteiger partial charge in [-0.2, -0.15) is 0 Å². The Bertz CT molecular complexity index is 1060. The van der Waals surface area contributed by atoms with Gasteiger partial charge in [-0.3, -0.25) is 14.5 Å². The van der Waals surface area contributed by atoms with Gasteiger partial charge in [0.1, 0.15) is 5.82 Å². The molecule has 2 aliphatic rings. The molecule has 1 unspecified atom stereocenters. The number of carbonyl (C=O) groups is 2. The summed E-state index contributed by atoms with van der Waals surface area (Å²) in [5, 5.41) is 0. The molecule has 0 aliphatic carbocycles. The Kier molecular flexibility index (Phi) is 6.37. The van der Waals surface area contributed by atoms with E-state index in [0.717, 1.165) is 0 Å². The highest BCUT2D eigenvalue weighted by atomic mass is 19.1. The number of carbonyl (C=O) groups excluding carboxylic acids is 2. The second kappa shape index (κ2) is 9.23. The molecule has 0 saturated carbocycles. The summed E-state index contributed by atoms with van der Waals surface area (Å²) in [6, 6.07) is 10.5. The van der Waals surface area contributed by atoms with Crippen LogP contribution in [0.3, 0.4) is 0 Å². The lowest BCUT2D eigenvalue weighted by molar-refractivity contribution is -0.171. The van der Waals surface area contributed by atoms with E-state index in [1.165, 1.54) is 12.1 Å². The zero-order valence-electron chi connectivity index (χ0n) is 18.8. The number of nitrogens with zero attached hydrogens (tertiary/aromatic N) is 1. The van der Waals surface area contributed by atoms with E-state index in [9.17, 15) is 14.0 Å². The van der Waals surface area contributed by atoms with Gasteiger partial charge >= 0.3 is 11.9 Å². The molecule has 2 heterocycles. The van der Waals surface area contributed by atoms with Crippen molar-refractivity contribution in [2.75, 3.05) is 33.6 Å². The molecule has 0 bridgehead atoms. The van der Waals surface area contributed by atoms with E-state index in [1.807, 2.05) is 18.0 Å². The standard InChI is InChI=1S/C25H26FNO6/c1-4-30-23(28)25(24(29)31-5-2)18(12-16-6-9-19(26)10-7-16)14-27(3)22(25)17-8-11-20-21(13-17)33-15-32-20/h6-13,22H,4-5,14-15H2,1-3H3/b18-12+. The van der Waals surface area contributed by atoms with E-state index in [2.05, 4.69) is 0 Å². The molecule has 1 fully saturated rings. The van der Waals surface area contributed by atoms with Gasteiger partial charge in [0.05, 0.1) is 19.3 Å². The fraction of sp³-hybridized carbons (Fsp3) is 0.360. The number of halogens is 1. The Balaban J connectivity index is 1.92. The predicted molar refractivity (Wildman–Crippen MR) is 118 cm³/mol. The molecule has 0 radical (unpaired) electrons. The second-order valence-electron chi connectivity index (χ2n) is 7.90. The molecule has 0 aromatic heterocycles. The fourth-order valence-corrected chi connectivity index (χ4v) is 4.56. The van der Waals surface area contributed by atoms with Crippen LogP contribution < -0.4 is 9.47 Å². The Labute approximate surface area is 191 Å². The summed E-state index contributed by atoms with van der Waals surface area (Å²) in [4.78, 5) is 29.1. The molecule has 0 amide bonds. The molecule has 2 aromatic rings. The lowest BCUT2D eigenvalue weighted by Crippen LogP contribution is -2.47. The second-order valence-corrected chi connectivity index (χ2v) is 7.90. The number of hydrogen-bond acceptors (Lipinski definition) is 7. The number of benzene rings is 2. The van der Waals surface area contributed by atoms with E-state index in [0.29, 0.717) is 34.7 Å². The van der Waals surface area contributed by atoms with Crippen LogP contribution in [0.15, 0.2) is 48.0 Å². The first-order valence-electron chi connectivity index (χ1n) is 10.8. The topological polar surface area (TPSA) is 74.3 Å². The molecular formula is C25H26FNO6. The first-order chi connectivity index (χ1) is 15.9. The number of rotatable bonds is 6. The van der Waals surface area contributed by atoms with Crippen molar-refractivity contribution in [3.05, 3.63) is 65.0 Å². The maximum absolute atomic E-state index is 13.6. The van der Waals surface area contributed by atoms with Crippen molar-refractivity contribution in [1.82, 2.24) is 4.90 Å². The molecule has 8 heteroatoms. The smallest absolute Gasteiger partial charge is 0.329 e. The summed E-state index contributed by atoms with van der Waals surface area (Å²) in [5.74, 6) is -0.619. The quantitative estimate of drug-likeness (QED) is 0.485. The number of ether oxygens (including phenoxy) is 4. The average Bonchev–Trinajstić information content (AvgIpc) is 3.37. The number of likely N-dealkylation sites (tertiary alicyclic amines) is 1. The van der Waals surface area contributed by atoms with Gasteiger partial charge in [0.25, 0.3) is 0 Å². The third kappa shape index (κ3) is 3.95. The van der Waals surface area contributed by atoms with Crippen LogP contribution in [0.2, 0.25) is 0 Å². The van der Waals surface area contributed by atoms with Crippen molar-refractivity contribution < 1.29 is 32.9 Å². The van der Waals surface area contributed by atoms with Crippen LogP contribution in [0, 0.1) is 11.2 Å². The van der Waals surface area contributed by atoms with Crippen LogP contribution in [0.4, 0.5) is 4.39 Å². The number of likely N-dealkylation sites (N-methyl/N-ethyl adjacent to an activating group) is 1. The van der Waals surface area contributed by atoms with Gasteiger partial charge in [0, 0.05) is 6.54 Å². The first-order valence-corrected chi connectivity index (χ1v) is 10.8. The molecule has 0 N–H and O–H groups in total. The maximum atomic E-state index is 13.6. The van der Waals surface area contributed by atoms with Crippen molar-refractivity contribution in [3.63, 3.8) is 0 Å². The van der Waals surface area contributed by atoms with Gasteiger partial charge in [-0.05, 0) is 61.9 Å². The molecule has 1 atom stereocenters. The molecule has 33 heavy (non-hydrogen) atoms. The normalized spacial score (nSPS) is 20.1. The van der Waals surface area contributed by atoms with Gasteiger partial charge in [-0.25, -0.2) is 4.39 Å². The van der Waals surface area contributed by atoms with Crippen LogP contribution >= 0.6 is 0 Å². The highest BCUT2D eigenvalue weighted by Gasteiger charge is 2.63. The van der Waals surface area contributed by atoms with Crippen molar-refractivity contribution in [2.45, 2.75) is 19.9 Å². The van der Waals surface area contributed by atoms with Gasteiger partial charge in [0.15, 0.2) is 11.5 Å². The van der Waals surface area contributed by atoms with Crippen molar-refractivity contribution in [3.8, 4) is 11.5 Å². The number of fused-ring (bicyclic) bond motifs is 1. The van der Waals surface area contributed by atoms with Gasteiger partial charge in [-0.15, -0.1) is 0 Å². The van der Waals surface area contributed by atoms with Crippen LogP contribution in [0.25, 0.3) is 6.08 Å². The highest BCUT2D eigenvalue weighted by Crippen LogP contribution is 2.53. The molecule has 0 spiro atoms. The van der Waals surface area contributed by atoms with Crippen molar-refractivity contribution >= 4 is 18.0 Å². The number of hydrogen-bond donors (Lipinski definition) is 0. The summed E-state index contributed by atoms with van der Waals surface area (Å²) in [7, 11) is 1.83. The SMILES string of the molecule is CCOC(=O)C1(C(=O)OCC)/C(=C/c2ccc(F)cc2)CN(C)C1c1ccc2c(c1)OCO2. The van der Waals surface area contributed by atoms with E-state index < -0.39 is 23.4 Å². The van der Waals surface area contributed by atoms with E-state index in [1.54, 1.807) is 44.2 Å². The minimum absolute atomic E-state index is 0.0986. The largest absolute Gasteiger partial charge is 0.465 e. The Morgan fingerprint density at radius 2 is 1.70 bits per heavy atom. The third-order valence-electron chi connectivity index (χ3n) is 5.90. The molecule has 2 aliphatic heterocycles. The van der Waals surface area contributed by atoms with E-state index >= 15 is 0 Å². The zero-order valence-corrected chi connectivity index (χ0v) is 18.8. The summed E-state index contributed by atoms with van der Waals surface area (Å²) in [6.07, 6.45) is 1.73. The summed E-state index contributed by atoms with van der Waals surface area (Å²) >= 11 is 0. The van der Waals surface area contributed by atoms with Crippen LogP contribution in [0.5, 0.6) is 11.5 Å². The van der Waals surface area contributed by atoms with E-state index in [-0.39, 0.29) is 25.8 Å². The Hall–Kier alpha value is -3.39. The van der Waals surface area contributed by atoms with Gasteiger partial charge < -0.3 is 18.9 Å². The van der Waals surface area contributed by atoms with Crippen molar-refractivity contribution in [2.24, 2.45) is 5.41 Å². The number of esters is 2.